The van der Waals surface area contributed by atoms with Crippen molar-refractivity contribution in [2.24, 2.45) is 4.99 Å². The van der Waals surface area contributed by atoms with Gasteiger partial charge in [-0.2, -0.15) is 4.31 Å². The zero-order chi connectivity index (χ0) is 31.7. The second kappa shape index (κ2) is 10.2. The fourth-order valence-electron chi connectivity index (χ4n) is 6.00. The van der Waals surface area contributed by atoms with Crippen molar-refractivity contribution in [3.05, 3.63) is 64.1 Å². The van der Waals surface area contributed by atoms with Gasteiger partial charge in [0, 0.05) is 29.7 Å². The van der Waals surface area contributed by atoms with E-state index in [0.717, 1.165) is 28.7 Å². The highest BCUT2D eigenvalue weighted by atomic mass is 32.2. The molecular formula is C29H28F3N5O6S. The number of hydrogen-bond donors (Lipinski definition) is 2. The highest BCUT2D eigenvalue weighted by molar-refractivity contribution is 7.92. The Balaban J connectivity index is 1.14. The van der Waals surface area contributed by atoms with Crippen LogP contribution in [0.3, 0.4) is 0 Å². The molecule has 2 saturated heterocycles. The Morgan fingerprint density at radius 1 is 0.932 bits per heavy atom. The summed E-state index contributed by atoms with van der Waals surface area (Å²) in [6.45, 7) is 3.67. The zero-order valence-electron chi connectivity index (χ0n) is 23.7. The van der Waals surface area contributed by atoms with Crippen molar-refractivity contribution in [3.8, 4) is 5.75 Å². The average Bonchev–Trinajstić information content (AvgIpc) is 3.61. The highest BCUT2D eigenvalue weighted by Crippen LogP contribution is 2.47. The van der Waals surface area contributed by atoms with Gasteiger partial charge in [-0.1, -0.05) is 0 Å². The number of sulfonamides is 1. The van der Waals surface area contributed by atoms with Crippen LogP contribution in [0.15, 0.2) is 46.8 Å². The van der Waals surface area contributed by atoms with Crippen molar-refractivity contribution >= 4 is 45.5 Å². The third kappa shape index (κ3) is 5.23. The first-order valence-electron chi connectivity index (χ1n) is 13.9. The summed E-state index contributed by atoms with van der Waals surface area (Å²) in [5, 5.41) is 6.15. The summed E-state index contributed by atoms with van der Waals surface area (Å²) in [6, 6.07) is 7.98. The first-order valence-corrected chi connectivity index (χ1v) is 15.4. The monoisotopic (exact) mass is 631 g/mol. The number of nitrogens with zero attached hydrogens (tertiary/aromatic N) is 3. The van der Waals surface area contributed by atoms with Crippen LogP contribution >= 0.6 is 0 Å². The lowest BCUT2D eigenvalue weighted by molar-refractivity contribution is -0.274. The topological polar surface area (TPSA) is 137 Å². The van der Waals surface area contributed by atoms with Gasteiger partial charge in [-0.15, -0.1) is 13.2 Å². The number of ether oxygens (including phenoxy) is 1. The third-order valence-corrected chi connectivity index (χ3v) is 10.1. The molecule has 44 heavy (non-hydrogen) atoms. The fourth-order valence-corrected chi connectivity index (χ4v) is 7.17. The normalized spacial score (nSPS) is 21.2. The summed E-state index contributed by atoms with van der Waals surface area (Å²) in [6.07, 6.45) is -1.91. The molecule has 0 unspecified atom stereocenters. The van der Waals surface area contributed by atoms with Crippen molar-refractivity contribution in [1.29, 1.82) is 0 Å². The predicted molar refractivity (Wildman–Crippen MR) is 153 cm³/mol. The second-order valence-electron chi connectivity index (χ2n) is 11.4. The van der Waals surface area contributed by atoms with Crippen LogP contribution in [0.5, 0.6) is 5.75 Å². The highest BCUT2D eigenvalue weighted by Gasteiger charge is 2.62. The summed E-state index contributed by atoms with van der Waals surface area (Å²) in [4.78, 5) is 43.6. The number of hydrogen-bond acceptors (Lipinski definition) is 7. The summed E-state index contributed by atoms with van der Waals surface area (Å²) in [5.41, 5.74) is 1.07. The van der Waals surface area contributed by atoms with Crippen LogP contribution < -0.4 is 20.3 Å². The molecule has 2 N–H and O–H groups in total. The third-order valence-electron chi connectivity index (χ3n) is 8.49. The molecule has 15 heteroatoms. The first kappa shape index (κ1) is 29.8. The van der Waals surface area contributed by atoms with E-state index in [1.54, 1.807) is 26.0 Å². The van der Waals surface area contributed by atoms with Crippen LogP contribution in [0.2, 0.25) is 0 Å². The van der Waals surface area contributed by atoms with E-state index in [9.17, 15) is 36.0 Å². The Labute approximate surface area is 250 Å². The number of amides is 4. The summed E-state index contributed by atoms with van der Waals surface area (Å²) in [7, 11) is -3.87. The minimum Gasteiger partial charge on any atom is -0.406 e. The lowest BCUT2D eigenvalue weighted by atomic mass is 9.89. The number of piperidine rings is 1. The maximum absolute atomic E-state index is 13.2. The van der Waals surface area contributed by atoms with E-state index in [1.165, 1.54) is 27.4 Å². The van der Waals surface area contributed by atoms with E-state index in [2.05, 4.69) is 20.4 Å². The van der Waals surface area contributed by atoms with E-state index < -0.39 is 45.2 Å². The number of amidine groups is 1. The fraction of sp³-hybridized carbons (Fsp3) is 0.379. The Kier molecular flexibility index (Phi) is 6.88. The number of rotatable bonds is 6. The molecule has 3 aliphatic heterocycles. The van der Waals surface area contributed by atoms with Gasteiger partial charge in [-0.3, -0.25) is 24.8 Å². The van der Waals surface area contributed by atoms with E-state index in [-0.39, 0.29) is 37.7 Å². The lowest BCUT2D eigenvalue weighted by Gasteiger charge is -2.34. The number of aliphatic imine (C=N–C) groups is 1. The Hall–Kier alpha value is -4.24. The molecule has 3 fully saturated rings. The summed E-state index contributed by atoms with van der Waals surface area (Å²) in [5.74, 6) is -0.913. The van der Waals surface area contributed by atoms with Crippen molar-refractivity contribution in [2.75, 3.05) is 18.0 Å². The molecule has 11 nitrogen and oxygen atoms in total. The molecular weight excluding hydrogens is 603 g/mol. The number of alkyl halides is 3. The molecule has 0 radical (unpaired) electrons. The molecule has 2 aromatic rings. The van der Waals surface area contributed by atoms with Gasteiger partial charge < -0.3 is 10.1 Å². The van der Waals surface area contributed by atoms with Crippen molar-refractivity contribution in [2.45, 2.75) is 57.0 Å². The van der Waals surface area contributed by atoms with E-state index in [4.69, 9.17) is 0 Å². The molecule has 0 atom stereocenters. The molecule has 6 rings (SSSR count). The molecule has 0 aromatic heterocycles. The number of anilines is 1. The van der Waals surface area contributed by atoms with Gasteiger partial charge >= 0.3 is 12.4 Å². The number of aryl methyl sites for hydroxylation is 2. The largest absolute Gasteiger partial charge is 0.573 e. The number of imide groups is 1. The molecule has 232 valence electrons. The van der Waals surface area contributed by atoms with Crippen LogP contribution in [0.4, 0.5) is 23.7 Å². The maximum atomic E-state index is 13.2. The first-order chi connectivity index (χ1) is 20.6. The number of urea groups is 1. The molecule has 4 aliphatic rings. The smallest absolute Gasteiger partial charge is 0.406 e. The van der Waals surface area contributed by atoms with Crippen LogP contribution in [-0.2, 0) is 19.6 Å². The Morgan fingerprint density at radius 3 is 2.11 bits per heavy atom. The minimum absolute atomic E-state index is 0.0340. The zero-order valence-corrected chi connectivity index (χ0v) is 24.5. The second-order valence-corrected chi connectivity index (χ2v) is 13.2. The van der Waals surface area contributed by atoms with Crippen molar-refractivity contribution in [3.63, 3.8) is 0 Å². The van der Waals surface area contributed by atoms with Crippen molar-refractivity contribution < 1.29 is 40.7 Å². The van der Waals surface area contributed by atoms with E-state index in [1.807, 2.05) is 0 Å². The van der Waals surface area contributed by atoms with Gasteiger partial charge in [-0.25, -0.2) is 13.2 Å². The molecule has 2 spiro atoms. The number of nitrogens with one attached hydrogen (secondary N) is 2. The van der Waals surface area contributed by atoms with Gasteiger partial charge in [0.05, 0.1) is 0 Å². The van der Waals surface area contributed by atoms with E-state index in [0.29, 0.717) is 29.7 Å². The molecule has 2 aromatic carbocycles. The molecule has 3 heterocycles. The average molecular weight is 632 g/mol. The van der Waals surface area contributed by atoms with Gasteiger partial charge in [-0.05, 0) is 98.7 Å². The molecule has 4 amide bonds. The van der Waals surface area contributed by atoms with Crippen molar-refractivity contribution in [1.82, 2.24) is 14.9 Å². The van der Waals surface area contributed by atoms with Crippen LogP contribution in [0, 0.1) is 13.8 Å². The molecule has 1 saturated carbocycles. The SMILES string of the molecule is Cc1cc(N2C(=O)NC(=O)C23CC3)cc(C)c1/C=C/S(=O)(=O)N1CCC2(CC1)N=C(c1ccc(OC(F)(F)F)cc1)NC2=O. The number of carbonyl (C=O) groups is 3. The quantitative estimate of drug-likeness (QED) is 0.469. The van der Waals surface area contributed by atoms with Gasteiger partial charge in [0.15, 0.2) is 0 Å². The van der Waals surface area contributed by atoms with E-state index >= 15 is 0 Å². The summed E-state index contributed by atoms with van der Waals surface area (Å²) < 4.78 is 69.0. The lowest BCUT2D eigenvalue weighted by Crippen LogP contribution is -2.50. The van der Waals surface area contributed by atoms with Crippen LogP contribution in [0.25, 0.3) is 6.08 Å². The molecule has 1 aliphatic carbocycles. The van der Waals surface area contributed by atoms with Gasteiger partial charge in [0.25, 0.3) is 11.8 Å². The number of benzene rings is 2. The van der Waals surface area contributed by atoms with Crippen LogP contribution in [0.1, 0.15) is 47.9 Å². The maximum Gasteiger partial charge on any atom is 0.573 e. The van der Waals surface area contributed by atoms with Crippen LogP contribution in [-0.4, -0.2) is 66.9 Å². The Bertz CT molecular complexity index is 1720. The Morgan fingerprint density at radius 2 is 1.55 bits per heavy atom. The standard InChI is InChI=1S/C29H28F3N5O6S/c1-17-15-20(37-26(40)34-25(39)28(37)8-9-28)16-18(2)22(17)7-14-44(41,42)36-12-10-27(11-13-36)24(38)33-23(35-27)19-3-5-21(6-4-19)43-29(30,31)32/h3-7,14-16H,8-13H2,1-2H3,(H,33,35,38)(H,34,39,40)/b14-7+. The predicted octanol–water partition coefficient (Wildman–Crippen LogP) is 3.50. The number of halogens is 3. The molecule has 0 bridgehead atoms. The number of carbonyl (C=O) groups excluding carboxylic acids is 3. The van der Waals surface area contributed by atoms with Gasteiger partial charge in [0.1, 0.15) is 22.7 Å². The van der Waals surface area contributed by atoms with Gasteiger partial charge in [0.2, 0.25) is 10.0 Å². The minimum atomic E-state index is -4.83. The summed E-state index contributed by atoms with van der Waals surface area (Å²) >= 11 is 0.